The van der Waals surface area contributed by atoms with E-state index >= 15 is 0 Å². The fourth-order valence-corrected chi connectivity index (χ4v) is 1.60. The van der Waals surface area contributed by atoms with Crippen molar-refractivity contribution in [3.8, 4) is 0 Å². The van der Waals surface area contributed by atoms with Gasteiger partial charge in [0.05, 0.1) is 0 Å². The highest BCUT2D eigenvalue weighted by molar-refractivity contribution is 5.60. The molecule has 2 aromatic carbocycles. The molecule has 2 rings (SSSR count). The number of rotatable bonds is 4. The molecule has 0 N–H and O–H groups in total. The highest BCUT2D eigenvalue weighted by atomic mass is 13.9. The lowest BCUT2D eigenvalue weighted by Gasteiger charge is -1.94. The third-order valence-corrected chi connectivity index (χ3v) is 2.71. The molecule has 0 atom stereocenters. The van der Waals surface area contributed by atoms with E-state index in [0.29, 0.717) is 0 Å². The molecule has 0 saturated carbocycles. The van der Waals surface area contributed by atoms with Crippen LogP contribution in [0, 0.1) is 0 Å². The average molecular weight is 274 g/mol. The van der Waals surface area contributed by atoms with Gasteiger partial charge in [0, 0.05) is 0 Å². The Labute approximate surface area is 128 Å². The van der Waals surface area contributed by atoms with Gasteiger partial charge in [0.1, 0.15) is 0 Å². The van der Waals surface area contributed by atoms with Crippen LogP contribution in [-0.2, 0) is 0 Å². The maximum absolute atomic E-state index is 3.83. The summed E-state index contributed by atoms with van der Waals surface area (Å²) >= 11 is 0. The Morgan fingerprint density at radius 2 is 1.38 bits per heavy atom. The second-order valence-electron chi connectivity index (χ2n) is 4.54. The van der Waals surface area contributed by atoms with Crippen molar-refractivity contribution in [1.82, 2.24) is 0 Å². The topological polar surface area (TPSA) is 0 Å². The van der Waals surface area contributed by atoms with E-state index in [2.05, 4.69) is 43.5 Å². The van der Waals surface area contributed by atoms with Crippen LogP contribution in [0.2, 0.25) is 0 Å². The van der Waals surface area contributed by atoms with E-state index in [0.717, 1.165) is 5.57 Å². The largest absolute Gasteiger partial charge is 0.0991 e. The first-order valence-corrected chi connectivity index (χ1v) is 6.96. The van der Waals surface area contributed by atoms with Crippen molar-refractivity contribution < 1.29 is 0 Å². The molecule has 21 heavy (non-hydrogen) atoms. The molecule has 0 nitrogen and oxygen atoms in total. The molecule has 106 valence electrons. The molecule has 0 aromatic heterocycles. The molecule has 2 aromatic rings. The second-order valence-corrected chi connectivity index (χ2v) is 4.54. The normalized spacial score (nSPS) is 10.1. The van der Waals surface area contributed by atoms with Gasteiger partial charge in [0.25, 0.3) is 0 Å². The lowest BCUT2D eigenvalue weighted by atomic mass is 10.1. The van der Waals surface area contributed by atoms with Crippen LogP contribution in [0.1, 0.15) is 18.1 Å². The van der Waals surface area contributed by atoms with E-state index in [9.17, 15) is 0 Å². The molecule has 0 radical (unpaired) electrons. The maximum atomic E-state index is 3.83. The average Bonchev–Trinajstić information content (AvgIpc) is 2.54. The van der Waals surface area contributed by atoms with Crippen LogP contribution in [-0.4, -0.2) is 0 Å². The quantitative estimate of drug-likeness (QED) is 0.585. The number of hydrogen-bond acceptors (Lipinski definition) is 0. The van der Waals surface area contributed by atoms with Gasteiger partial charge in [-0.05, 0) is 18.1 Å². The summed E-state index contributed by atoms with van der Waals surface area (Å²) in [6.07, 6.45) is 9.67. The number of hydrogen-bond donors (Lipinski definition) is 0. The third-order valence-electron chi connectivity index (χ3n) is 2.71. The van der Waals surface area contributed by atoms with Gasteiger partial charge in [-0.25, -0.2) is 0 Å². The van der Waals surface area contributed by atoms with E-state index in [-0.39, 0.29) is 0 Å². The highest BCUT2D eigenvalue weighted by Crippen LogP contribution is 2.08. The fourth-order valence-electron chi connectivity index (χ4n) is 1.60. The van der Waals surface area contributed by atoms with Crippen LogP contribution in [0.4, 0.5) is 0 Å². The zero-order chi connectivity index (χ0) is 15.3. The lowest BCUT2D eigenvalue weighted by molar-refractivity contribution is 1.58. The summed E-state index contributed by atoms with van der Waals surface area (Å²) in [5.41, 5.74) is 3.55. The standard InChI is InChI=1S/C12H12.C9H10/c1-2-3-4-6-9-12-10-7-5-8-11-12;1-8(2)9-6-4-3-5-7-9/h2-11H,1H2;3-7H,1H2,2H3. The van der Waals surface area contributed by atoms with Crippen LogP contribution in [0.25, 0.3) is 11.6 Å². The molecule has 0 fully saturated rings. The van der Waals surface area contributed by atoms with Gasteiger partial charge in [0.15, 0.2) is 0 Å². The van der Waals surface area contributed by atoms with E-state index in [4.69, 9.17) is 0 Å². The first kappa shape index (κ1) is 16.5. The molecule has 0 unspecified atom stereocenters. The summed E-state index contributed by atoms with van der Waals surface area (Å²) in [4.78, 5) is 0. The van der Waals surface area contributed by atoms with Gasteiger partial charge in [-0.15, -0.1) is 0 Å². The minimum absolute atomic E-state index is 1.12. The van der Waals surface area contributed by atoms with E-state index in [1.54, 1.807) is 6.08 Å². The van der Waals surface area contributed by atoms with Gasteiger partial charge in [-0.3, -0.25) is 0 Å². The molecule has 0 aliphatic rings. The molecular weight excluding hydrogens is 252 g/mol. The Kier molecular flexibility index (Phi) is 8.01. The van der Waals surface area contributed by atoms with Gasteiger partial charge < -0.3 is 0 Å². The summed E-state index contributed by atoms with van der Waals surface area (Å²) in [7, 11) is 0. The zero-order valence-electron chi connectivity index (χ0n) is 12.6. The first-order valence-electron chi connectivity index (χ1n) is 6.96. The summed E-state index contributed by atoms with van der Waals surface area (Å²) in [6.45, 7) is 9.42. The predicted molar refractivity (Wildman–Crippen MR) is 96.0 cm³/mol. The molecule has 0 saturated heterocycles. The van der Waals surface area contributed by atoms with Crippen molar-refractivity contribution in [3.05, 3.63) is 109 Å². The van der Waals surface area contributed by atoms with E-state index < -0.39 is 0 Å². The summed E-state index contributed by atoms with van der Waals surface area (Å²) in [6, 6.07) is 20.4. The molecule has 0 aliphatic carbocycles. The third kappa shape index (κ3) is 7.54. The molecule has 0 heterocycles. The van der Waals surface area contributed by atoms with Gasteiger partial charge in [0.2, 0.25) is 0 Å². The Hall–Kier alpha value is -2.60. The first-order chi connectivity index (χ1) is 10.2. The van der Waals surface area contributed by atoms with Crippen molar-refractivity contribution in [2.24, 2.45) is 0 Å². The van der Waals surface area contributed by atoms with Crippen LogP contribution >= 0.6 is 0 Å². The Balaban J connectivity index is 0.000000219. The number of benzene rings is 2. The maximum Gasteiger partial charge on any atom is -0.0233 e. The van der Waals surface area contributed by atoms with Crippen molar-refractivity contribution in [3.63, 3.8) is 0 Å². The summed E-state index contributed by atoms with van der Waals surface area (Å²) < 4.78 is 0. The Morgan fingerprint density at radius 3 is 1.86 bits per heavy atom. The Morgan fingerprint density at radius 1 is 0.810 bits per heavy atom. The summed E-state index contributed by atoms with van der Waals surface area (Å²) in [5.74, 6) is 0. The number of allylic oxidation sites excluding steroid dienone is 5. The van der Waals surface area contributed by atoms with E-state index in [1.165, 1.54) is 11.1 Å². The van der Waals surface area contributed by atoms with Crippen LogP contribution in [0.5, 0.6) is 0 Å². The van der Waals surface area contributed by atoms with Crippen molar-refractivity contribution >= 4 is 11.6 Å². The monoisotopic (exact) mass is 274 g/mol. The van der Waals surface area contributed by atoms with Crippen LogP contribution in [0.15, 0.2) is 98.1 Å². The summed E-state index contributed by atoms with van der Waals surface area (Å²) in [5, 5.41) is 0. The minimum atomic E-state index is 1.12. The lowest BCUT2D eigenvalue weighted by Crippen LogP contribution is -1.72. The SMILES string of the molecule is C=C(C)c1ccccc1.C=CC=CC=Cc1ccccc1. The predicted octanol–water partition coefficient (Wildman–Crippen LogP) is 6.16. The van der Waals surface area contributed by atoms with Gasteiger partial charge in [-0.1, -0.05) is 110 Å². The molecule has 0 heteroatoms. The van der Waals surface area contributed by atoms with Crippen LogP contribution in [0.3, 0.4) is 0 Å². The Bertz CT molecular complexity index is 586. The second kappa shape index (κ2) is 10.2. The molecule has 0 spiro atoms. The molecule has 0 bridgehead atoms. The van der Waals surface area contributed by atoms with Crippen molar-refractivity contribution in [2.75, 3.05) is 0 Å². The van der Waals surface area contributed by atoms with Crippen molar-refractivity contribution in [1.29, 1.82) is 0 Å². The fraction of sp³-hybridized carbons (Fsp3) is 0.0476. The van der Waals surface area contributed by atoms with Crippen molar-refractivity contribution in [2.45, 2.75) is 6.92 Å². The molecule has 0 amide bonds. The minimum Gasteiger partial charge on any atom is -0.0991 e. The highest BCUT2D eigenvalue weighted by Gasteiger charge is 1.86. The van der Waals surface area contributed by atoms with Gasteiger partial charge in [-0.2, -0.15) is 0 Å². The van der Waals surface area contributed by atoms with E-state index in [1.807, 2.05) is 61.5 Å². The zero-order valence-corrected chi connectivity index (χ0v) is 12.6. The molecule has 0 aliphatic heterocycles. The smallest absolute Gasteiger partial charge is 0.0233 e. The van der Waals surface area contributed by atoms with Crippen LogP contribution < -0.4 is 0 Å². The molecular formula is C21H22. The van der Waals surface area contributed by atoms with Gasteiger partial charge >= 0.3 is 0 Å².